The summed E-state index contributed by atoms with van der Waals surface area (Å²) in [7, 11) is -1.99. The van der Waals surface area contributed by atoms with Crippen molar-refractivity contribution in [1.29, 1.82) is 0 Å². The Morgan fingerprint density at radius 1 is 1.21 bits per heavy atom. The number of rotatable bonds is 9. The van der Waals surface area contributed by atoms with Crippen LogP contribution in [0.1, 0.15) is 31.4 Å². The molecule has 2 aromatic rings. The van der Waals surface area contributed by atoms with Crippen LogP contribution in [0.15, 0.2) is 48.5 Å². The molecule has 0 aromatic heterocycles. The minimum Gasteiger partial charge on any atom is -0.497 e. The predicted molar refractivity (Wildman–Crippen MR) is 107 cm³/mol. The third-order valence-corrected chi connectivity index (χ3v) is 5.45. The van der Waals surface area contributed by atoms with E-state index in [2.05, 4.69) is 5.32 Å². The van der Waals surface area contributed by atoms with Crippen LogP contribution in [0.5, 0.6) is 5.75 Å². The topological polar surface area (TPSA) is 75.7 Å². The predicted octanol–water partition coefficient (Wildman–Crippen LogP) is 3.26. The molecule has 0 saturated carbocycles. The van der Waals surface area contributed by atoms with Gasteiger partial charge >= 0.3 is 0 Å². The lowest BCUT2D eigenvalue weighted by molar-refractivity contribution is -0.121. The van der Waals surface area contributed by atoms with Gasteiger partial charge in [0.1, 0.15) is 11.6 Å². The summed E-state index contributed by atoms with van der Waals surface area (Å²) in [5, 5.41) is 2.84. The Morgan fingerprint density at radius 2 is 1.89 bits per heavy atom. The van der Waals surface area contributed by atoms with Crippen molar-refractivity contribution in [1.82, 2.24) is 5.32 Å². The molecule has 0 fully saturated rings. The zero-order chi connectivity index (χ0) is 20.7. The molecule has 8 heteroatoms. The van der Waals surface area contributed by atoms with Gasteiger partial charge in [0.15, 0.2) is 0 Å². The number of hydrogen-bond acceptors (Lipinski definition) is 4. The molecule has 2 aromatic carbocycles. The molecule has 0 aliphatic heterocycles. The van der Waals surface area contributed by atoms with Crippen LogP contribution >= 0.6 is 0 Å². The van der Waals surface area contributed by atoms with E-state index >= 15 is 0 Å². The van der Waals surface area contributed by atoms with E-state index in [0.29, 0.717) is 17.9 Å². The Hall–Kier alpha value is -2.61. The van der Waals surface area contributed by atoms with Crippen LogP contribution in [-0.4, -0.2) is 34.2 Å². The zero-order valence-electron chi connectivity index (χ0n) is 16.2. The maximum absolute atomic E-state index is 13.0. The van der Waals surface area contributed by atoms with Crippen molar-refractivity contribution in [3.63, 3.8) is 0 Å². The average Bonchev–Trinajstić information content (AvgIpc) is 2.64. The molecule has 0 aliphatic rings. The lowest BCUT2D eigenvalue weighted by Crippen LogP contribution is -2.32. The number of benzene rings is 2. The molecular weight excluding hydrogens is 383 g/mol. The van der Waals surface area contributed by atoms with Gasteiger partial charge in [-0.05, 0) is 43.2 Å². The first-order valence-electron chi connectivity index (χ1n) is 8.87. The molecule has 0 aliphatic carbocycles. The normalized spacial score (nSPS) is 12.3. The minimum absolute atomic E-state index is 0.168. The summed E-state index contributed by atoms with van der Waals surface area (Å²) in [6.45, 7) is 1.98. The number of amides is 1. The number of carbonyl (C=O) groups excluding carboxylic acids is 1. The Balaban J connectivity index is 1.94. The highest BCUT2D eigenvalue weighted by atomic mass is 32.2. The molecule has 2 rings (SSSR count). The van der Waals surface area contributed by atoms with Crippen LogP contribution in [0.3, 0.4) is 0 Å². The van der Waals surface area contributed by atoms with Gasteiger partial charge in [-0.25, -0.2) is 12.8 Å². The van der Waals surface area contributed by atoms with E-state index in [1.54, 1.807) is 36.4 Å². The first kappa shape index (κ1) is 21.7. The maximum atomic E-state index is 13.0. The fourth-order valence-corrected chi connectivity index (χ4v) is 3.74. The van der Waals surface area contributed by atoms with Crippen molar-refractivity contribution in [3.05, 3.63) is 59.9 Å². The Bertz CT molecular complexity index is 901. The third-order valence-electron chi connectivity index (χ3n) is 4.25. The number of nitrogens with zero attached hydrogens (tertiary/aromatic N) is 1. The average molecular weight is 408 g/mol. The maximum Gasteiger partial charge on any atom is 0.232 e. The standard InChI is InChI=1S/C20H25FN2O4S/c1-15(16-9-11-17(21)12-10-16)22-20(24)8-5-13-23(28(3,25)26)18-6-4-7-19(14-18)27-2/h4,6-7,9-12,14-15H,5,8,13H2,1-3H3,(H,22,24)/t15-/m0/s1. The Labute approximate surface area is 165 Å². The van der Waals surface area contributed by atoms with E-state index < -0.39 is 10.0 Å². The van der Waals surface area contributed by atoms with Gasteiger partial charge in [-0.15, -0.1) is 0 Å². The molecule has 0 unspecified atom stereocenters. The van der Waals surface area contributed by atoms with Gasteiger partial charge in [-0.3, -0.25) is 9.10 Å². The Morgan fingerprint density at radius 3 is 2.50 bits per heavy atom. The minimum atomic E-state index is -3.50. The van der Waals surface area contributed by atoms with Crippen molar-refractivity contribution >= 4 is 21.6 Å². The summed E-state index contributed by atoms with van der Waals surface area (Å²) < 4.78 is 43.7. The van der Waals surface area contributed by atoms with Crippen LogP contribution < -0.4 is 14.4 Å². The van der Waals surface area contributed by atoms with E-state index in [0.717, 1.165) is 11.8 Å². The molecule has 28 heavy (non-hydrogen) atoms. The summed E-state index contributed by atoms with van der Waals surface area (Å²) in [4.78, 5) is 12.2. The first-order chi connectivity index (χ1) is 13.2. The molecule has 0 heterocycles. The molecule has 1 amide bonds. The number of hydrogen-bond donors (Lipinski definition) is 1. The van der Waals surface area contributed by atoms with E-state index in [1.165, 1.54) is 23.5 Å². The molecule has 0 saturated heterocycles. The third kappa shape index (κ3) is 6.23. The molecule has 6 nitrogen and oxygen atoms in total. The van der Waals surface area contributed by atoms with E-state index in [9.17, 15) is 17.6 Å². The van der Waals surface area contributed by atoms with Gasteiger partial charge in [-0.2, -0.15) is 0 Å². The first-order valence-corrected chi connectivity index (χ1v) is 10.7. The lowest BCUT2D eigenvalue weighted by Gasteiger charge is -2.23. The van der Waals surface area contributed by atoms with Crippen LogP contribution in [-0.2, 0) is 14.8 Å². The van der Waals surface area contributed by atoms with Gasteiger partial charge in [0.2, 0.25) is 15.9 Å². The van der Waals surface area contributed by atoms with Crippen molar-refractivity contribution < 1.29 is 22.3 Å². The largest absolute Gasteiger partial charge is 0.497 e. The molecule has 0 bridgehead atoms. The van der Waals surface area contributed by atoms with Crippen LogP contribution in [0, 0.1) is 5.82 Å². The Kier molecular flexibility index (Phi) is 7.39. The van der Waals surface area contributed by atoms with Crippen LogP contribution in [0.25, 0.3) is 0 Å². The number of sulfonamides is 1. The second-order valence-electron chi connectivity index (χ2n) is 6.48. The second kappa shape index (κ2) is 9.54. The van der Waals surface area contributed by atoms with Gasteiger partial charge < -0.3 is 10.1 Å². The van der Waals surface area contributed by atoms with E-state index in [1.807, 2.05) is 6.92 Å². The van der Waals surface area contributed by atoms with Gasteiger partial charge in [-0.1, -0.05) is 18.2 Å². The van der Waals surface area contributed by atoms with Crippen molar-refractivity contribution in [2.75, 3.05) is 24.2 Å². The highest BCUT2D eigenvalue weighted by Gasteiger charge is 2.18. The van der Waals surface area contributed by atoms with Gasteiger partial charge in [0.05, 0.1) is 25.1 Å². The second-order valence-corrected chi connectivity index (χ2v) is 8.39. The van der Waals surface area contributed by atoms with Gasteiger partial charge in [0, 0.05) is 19.0 Å². The summed E-state index contributed by atoms with van der Waals surface area (Å²) in [5.41, 5.74) is 1.28. The zero-order valence-corrected chi connectivity index (χ0v) is 17.0. The quantitative estimate of drug-likeness (QED) is 0.691. The molecule has 0 radical (unpaired) electrons. The number of anilines is 1. The molecule has 1 atom stereocenters. The molecule has 152 valence electrons. The molecule has 0 spiro atoms. The summed E-state index contributed by atoms with van der Waals surface area (Å²) >= 11 is 0. The van der Waals surface area contributed by atoms with Crippen molar-refractivity contribution in [2.24, 2.45) is 0 Å². The number of carbonyl (C=O) groups is 1. The number of methoxy groups -OCH3 is 1. The van der Waals surface area contributed by atoms with Crippen molar-refractivity contribution in [2.45, 2.75) is 25.8 Å². The van der Waals surface area contributed by atoms with E-state index in [-0.39, 0.29) is 30.7 Å². The fraction of sp³-hybridized carbons (Fsp3) is 0.350. The van der Waals surface area contributed by atoms with E-state index in [4.69, 9.17) is 4.74 Å². The number of halogens is 1. The van der Waals surface area contributed by atoms with Crippen LogP contribution in [0.4, 0.5) is 10.1 Å². The van der Waals surface area contributed by atoms with Crippen molar-refractivity contribution in [3.8, 4) is 5.75 Å². The highest BCUT2D eigenvalue weighted by Crippen LogP contribution is 2.23. The van der Waals surface area contributed by atoms with Crippen LogP contribution in [0.2, 0.25) is 0 Å². The number of nitrogens with one attached hydrogen (secondary N) is 1. The van der Waals surface area contributed by atoms with Gasteiger partial charge in [0.25, 0.3) is 0 Å². The summed E-state index contributed by atoms with van der Waals surface area (Å²) in [6, 6.07) is 12.4. The lowest BCUT2D eigenvalue weighted by atomic mass is 10.1. The monoisotopic (exact) mass is 408 g/mol. The summed E-state index contributed by atoms with van der Waals surface area (Å²) in [6.07, 6.45) is 1.65. The molecule has 1 N–H and O–H groups in total. The smallest absolute Gasteiger partial charge is 0.232 e. The molecular formula is C20H25FN2O4S. The highest BCUT2D eigenvalue weighted by molar-refractivity contribution is 7.92. The SMILES string of the molecule is COc1cccc(N(CCCC(=O)N[C@@H](C)c2ccc(F)cc2)S(C)(=O)=O)c1. The fourth-order valence-electron chi connectivity index (χ4n) is 2.78. The number of ether oxygens (including phenoxy) is 1. The summed E-state index contributed by atoms with van der Waals surface area (Å²) in [5.74, 6) is 0.0219.